The molecule has 0 radical (unpaired) electrons. The molecular weight excluding hydrogens is 256 g/mol. The summed E-state index contributed by atoms with van der Waals surface area (Å²) in [5.74, 6) is 0.396. The molecule has 0 fully saturated rings. The van der Waals surface area contributed by atoms with E-state index in [1.807, 2.05) is 12.1 Å². The quantitative estimate of drug-likeness (QED) is 0.582. The van der Waals surface area contributed by atoms with Crippen molar-refractivity contribution in [2.45, 2.75) is 58.3 Å². The number of hydrogen-bond donors (Lipinski definition) is 1. The molecule has 108 valence electrons. The molecule has 19 heavy (non-hydrogen) atoms. The van der Waals surface area contributed by atoms with Gasteiger partial charge in [-0.05, 0) is 36.5 Å². The first kappa shape index (κ1) is 16.5. The fourth-order valence-corrected chi connectivity index (χ4v) is 2.55. The van der Waals surface area contributed by atoms with Gasteiger partial charge < -0.3 is 5.11 Å². The van der Waals surface area contributed by atoms with E-state index >= 15 is 0 Å². The Morgan fingerprint density at radius 2 is 1.63 bits per heavy atom. The lowest BCUT2D eigenvalue weighted by molar-refractivity contribution is 0.214. The molecule has 0 saturated carbocycles. The SMILES string of the molecule is CCCCCCCCC(CO)Cc1ccc(Cl)cc1. The van der Waals surface area contributed by atoms with Crippen molar-refractivity contribution < 1.29 is 5.11 Å². The summed E-state index contributed by atoms with van der Waals surface area (Å²) in [7, 11) is 0. The van der Waals surface area contributed by atoms with Gasteiger partial charge in [-0.3, -0.25) is 0 Å². The highest BCUT2D eigenvalue weighted by Gasteiger charge is 2.08. The number of benzene rings is 1. The van der Waals surface area contributed by atoms with Crippen molar-refractivity contribution in [2.24, 2.45) is 5.92 Å². The fourth-order valence-electron chi connectivity index (χ4n) is 2.43. The van der Waals surface area contributed by atoms with Crippen LogP contribution in [0.1, 0.15) is 57.4 Å². The molecule has 0 spiro atoms. The lowest BCUT2D eigenvalue weighted by atomic mass is 9.94. The molecule has 0 amide bonds. The second kappa shape index (κ2) is 10.3. The predicted molar refractivity (Wildman–Crippen MR) is 83.7 cm³/mol. The third-order valence-electron chi connectivity index (χ3n) is 3.66. The Labute approximate surface area is 123 Å². The standard InChI is InChI=1S/C17H27ClO/c1-2-3-4-5-6-7-8-16(14-19)13-15-9-11-17(18)12-10-15/h9-12,16,19H,2-8,13-14H2,1H3. The van der Waals surface area contributed by atoms with Gasteiger partial charge in [-0.25, -0.2) is 0 Å². The summed E-state index contributed by atoms with van der Waals surface area (Å²) in [6.45, 7) is 2.53. The first-order chi connectivity index (χ1) is 9.26. The Kier molecular flexibility index (Phi) is 8.94. The molecule has 1 rings (SSSR count). The van der Waals surface area contributed by atoms with E-state index in [1.165, 1.54) is 44.1 Å². The van der Waals surface area contributed by atoms with Gasteiger partial charge in [0.15, 0.2) is 0 Å². The van der Waals surface area contributed by atoms with Crippen molar-refractivity contribution >= 4 is 11.6 Å². The Balaban J connectivity index is 2.20. The summed E-state index contributed by atoms with van der Waals surface area (Å²) in [6, 6.07) is 7.98. The van der Waals surface area contributed by atoms with Crippen LogP contribution in [-0.2, 0) is 6.42 Å². The zero-order valence-corrected chi connectivity index (χ0v) is 12.8. The fraction of sp³-hybridized carbons (Fsp3) is 0.647. The molecule has 2 heteroatoms. The van der Waals surface area contributed by atoms with Crippen molar-refractivity contribution in [1.82, 2.24) is 0 Å². The number of aliphatic hydroxyl groups excluding tert-OH is 1. The summed E-state index contributed by atoms with van der Waals surface area (Å²) in [4.78, 5) is 0. The van der Waals surface area contributed by atoms with E-state index < -0.39 is 0 Å². The minimum atomic E-state index is 0.289. The van der Waals surface area contributed by atoms with Crippen LogP contribution in [0.5, 0.6) is 0 Å². The lowest BCUT2D eigenvalue weighted by Crippen LogP contribution is -2.09. The summed E-state index contributed by atoms with van der Waals surface area (Å²) < 4.78 is 0. The van der Waals surface area contributed by atoms with E-state index in [4.69, 9.17) is 11.6 Å². The maximum absolute atomic E-state index is 9.46. The van der Waals surface area contributed by atoms with Crippen LogP contribution in [-0.4, -0.2) is 11.7 Å². The smallest absolute Gasteiger partial charge is 0.0462 e. The zero-order valence-electron chi connectivity index (χ0n) is 12.1. The first-order valence-electron chi connectivity index (χ1n) is 7.61. The van der Waals surface area contributed by atoms with Gasteiger partial charge in [0.05, 0.1) is 0 Å². The maximum atomic E-state index is 9.46. The van der Waals surface area contributed by atoms with E-state index in [9.17, 15) is 5.11 Å². The van der Waals surface area contributed by atoms with Crippen LogP contribution in [0.2, 0.25) is 5.02 Å². The summed E-state index contributed by atoms with van der Waals surface area (Å²) in [5.41, 5.74) is 1.27. The number of hydrogen-bond acceptors (Lipinski definition) is 1. The highest BCUT2D eigenvalue weighted by Crippen LogP contribution is 2.18. The van der Waals surface area contributed by atoms with Crippen LogP contribution in [0.4, 0.5) is 0 Å². The Bertz CT molecular complexity index is 321. The molecule has 0 aliphatic carbocycles. The minimum absolute atomic E-state index is 0.289. The van der Waals surface area contributed by atoms with Gasteiger partial charge in [-0.2, -0.15) is 0 Å². The maximum Gasteiger partial charge on any atom is 0.0462 e. The highest BCUT2D eigenvalue weighted by atomic mass is 35.5. The Morgan fingerprint density at radius 1 is 1.00 bits per heavy atom. The van der Waals surface area contributed by atoms with E-state index in [1.54, 1.807) is 0 Å². The van der Waals surface area contributed by atoms with Crippen LogP contribution < -0.4 is 0 Å². The molecule has 0 aliphatic heterocycles. The second-order valence-corrected chi connectivity index (χ2v) is 5.87. The van der Waals surface area contributed by atoms with Gasteiger partial charge in [-0.15, -0.1) is 0 Å². The number of rotatable bonds is 10. The topological polar surface area (TPSA) is 20.2 Å². The average Bonchev–Trinajstić information content (AvgIpc) is 2.43. The van der Waals surface area contributed by atoms with E-state index in [2.05, 4.69) is 19.1 Å². The predicted octanol–water partition coefficient (Wildman–Crippen LogP) is 5.24. The molecule has 1 N–H and O–H groups in total. The Hall–Kier alpha value is -0.530. The zero-order chi connectivity index (χ0) is 13.9. The highest BCUT2D eigenvalue weighted by molar-refractivity contribution is 6.30. The van der Waals surface area contributed by atoms with Gasteiger partial charge in [0.25, 0.3) is 0 Å². The molecule has 1 unspecified atom stereocenters. The van der Waals surface area contributed by atoms with E-state index in [-0.39, 0.29) is 6.61 Å². The largest absolute Gasteiger partial charge is 0.396 e. The van der Waals surface area contributed by atoms with Crippen molar-refractivity contribution in [2.75, 3.05) is 6.61 Å². The summed E-state index contributed by atoms with van der Waals surface area (Å²) >= 11 is 5.88. The van der Waals surface area contributed by atoms with Crippen molar-refractivity contribution in [3.63, 3.8) is 0 Å². The second-order valence-electron chi connectivity index (χ2n) is 5.44. The molecule has 0 saturated heterocycles. The molecule has 1 aromatic carbocycles. The molecule has 0 aromatic heterocycles. The molecule has 1 nitrogen and oxygen atoms in total. The van der Waals surface area contributed by atoms with Gasteiger partial charge in [0.2, 0.25) is 0 Å². The normalized spacial score (nSPS) is 12.6. The Morgan fingerprint density at radius 3 is 2.26 bits per heavy atom. The van der Waals surface area contributed by atoms with Crippen molar-refractivity contribution in [3.8, 4) is 0 Å². The van der Waals surface area contributed by atoms with Gasteiger partial charge in [0, 0.05) is 11.6 Å². The van der Waals surface area contributed by atoms with Crippen LogP contribution in [0.3, 0.4) is 0 Å². The van der Waals surface area contributed by atoms with Crippen molar-refractivity contribution in [3.05, 3.63) is 34.9 Å². The average molecular weight is 283 g/mol. The third kappa shape index (κ3) is 7.59. The van der Waals surface area contributed by atoms with Crippen LogP contribution in [0.15, 0.2) is 24.3 Å². The molecule has 0 bridgehead atoms. The van der Waals surface area contributed by atoms with Crippen LogP contribution >= 0.6 is 11.6 Å². The van der Waals surface area contributed by atoms with Crippen molar-refractivity contribution in [1.29, 1.82) is 0 Å². The molecular formula is C17H27ClO. The summed E-state index contributed by atoms with van der Waals surface area (Å²) in [5, 5.41) is 10.2. The minimum Gasteiger partial charge on any atom is -0.396 e. The monoisotopic (exact) mass is 282 g/mol. The molecule has 0 aliphatic rings. The van der Waals surface area contributed by atoms with Gasteiger partial charge in [-0.1, -0.05) is 69.2 Å². The first-order valence-corrected chi connectivity index (χ1v) is 7.99. The molecule has 0 heterocycles. The number of unbranched alkanes of at least 4 members (excludes halogenated alkanes) is 5. The van der Waals surface area contributed by atoms with E-state index in [0.29, 0.717) is 5.92 Å². The van der Waals surface area contributed by atoms with Crippen LogP contribution in [0.25, 0.3) is 0 Å². The lowest BCUT2D eigenvalue weighted by Gasteiger charge is -2.14. The molecule has 1 atom stereocenters. The number of halogens is 1. The van der Waals surface area contributed by atoms with Gasteiger partial charge >= 0.3 is 0 Å². The third-order valence-corrected chi connectivity index (χ3v) is 3.91. The number of aliphatic hydroxyl groups is 1. The van der Waals surface area contributed by atoms with E-state index in [0.717, 1.165) is 17.9 Å². The summed E-state index contributed by atoms with van der Waals surface area (Å²) in [6.07, 6.45) is 9.99. The van der Waals surface area contributed by atoms with Crippen LogP contribution in [0, 0.1) is 5.92 Å². The molecule has 1 aromatic rings. The van der Waals surface area contributed by atoms with Gasteiger partial charge in [0.1, 0.15) is 0 Å².